The standard InChI is InChI=1S/C22H24N2OS/c1-16-24-20(15-26-16)18-11-9-17(10-12-18)13-14-23-21(25)22(2,3)19-7-5-4-6-8-19/h4-12,15H,13-14H2,1-3H3,(H,23,25). The maximum absolute atomic E-state index is 12.6. The van der Waals surface area contributed by atoms with Gasteiger partial charge in [-0.2, -0.15) is 0 Å². The van der Waals surface area contributed by atoms with Gasteiger partial charge in [0.1, 0.15) is 0 Å². The van der Waals surface area contributed by atoms with Crippen LogP contribution in [-0.4, -0.2) is 17.4 Å². The van der Waals surface area contributed by atoms with Crippen LogP contribution in [0.2, 0.25) is 0 Å². The highest BCUT2D eigenvalue weighted by molar-refractivity contribution is 7.09. The maximum Gasteiger partial charge on any atom is 0.230 e. The first kappa shape index (κ1) is 18.3. The van der Waals surface area contributed by atoms with E-state index in [2.05, 4.69) is 39.9 Å². The molecule has 3 rings (SSSR count). The Morgan fingerprint density at radius 1 is 1.08 bits per heavy atom. The third-order valence-corrected chi connectivity index (χ3v) is 5.40. The van der Waals surface area contributed by atoms with E-state index in [1.807, 2.05) is 51.1 Å². The highest BCUT2D eigenvalue weighted by Gasteiger charge is 2.28. The zero-order valence-electron chi connectivity index (χ0n) is 15.5. The van der Waals surface area contributed by atoms with Crippen molar-refractivity contribution in [2.24, 2.45) is 0 Å². The van der Waals surface area contributed by atoms with Crippen molar-refractivity contribution >= 4 is 17.2 Å². The van der Waals surface area contributed by atoms with E-state index in [-0.39, 0.29) is 5.91 Å². The summed E-state index contributed by atoms with van der Waals surface area (Å²) < 4.78 is 0. The molecule has 0 saturated carbocycles. The molecule has 0 atom stereocenters. The van der Waals surface area contributed by atoms with E-state index >= 15 is 0 Å². The molecule has 0 aliphatic carbocycles. The smallest absolute Gasteiger partial charge is 0.230 e. The zero-order chi connectivity index (χ0) is 18.6. The van der Waals surface area contributed by atoms with Crippen LogP contribution >= 0.6 is 11.3 Å². The molecule has 0 spiro atoms. The maximum atomic E-state index is 12.6. The topological polar surface area (TPSA) is 42.0 Å². The van der Waals surface area contributed by atoms with Crippen LogP contribution in [0.5, 0.6) is 0 Å². The van der Waals surface area contributed by atoms with E-state index in [9.17, 15) is 4.79 Å². The zero-order valence-corrected chi connectivity index (χ0v) is 16.3. The molecule has 1 heterocycles. The van der Waals surface area contributed by atoms with Crippen molar-refractivity contribution in [3.63, 3.8) is 0 Å². The van der Waals surface area contributed by atoms with Crippen LogP contribution < -0.4 is 5.32 Å². The van der Waals surface area contributed by atoms with Gasteiger partial charge in [0.05, 0.1) is 16.1 Å². The number of amides is 1. The van der Waals surface area contributed by atoms with Crippen molar-refractivity contribution in [3.05, 3.63) is 76.1 Å². The van der Waals surface area contributed by atoms with Crippen molar-refractivity contribution in [2.45, 2.75) is 32.6 Å². The molecule has 0 bridgehead atoms. The molecule has 3 nitrogen and oxygen atoms in total. The predicted octanol–water partition coefficient (Wildman–Crippen LogP) is 4.76. The first-order chi connectivity index (χ1) is 12.5. The highest BCUT2D eigenvalue weighted by atomic mass is 32.1. The molecular weight excluding hydrogens is 340 g/mol. The number of nitrogens with zero attached hydrogens (tertiary/aromatic N) is 1. The summed E-state index contributed by atoms with van der Waals surface area (Å²) in [5, 5.41) is 6.23. The molecule has 0 aliphatic rings. The minimum atomic E-state index is -0.534. The first-order valence-electron chi connectivity index (χ1n) is 8.82. The van der Waals surface area contributed by atoms with E-state index in [0.29, 0.717) is 6.54 Å². The van der Waals surface area contributed by atoms with Crippen LogP contribution in [0.4, 0.5) is 0 Å². The number of carbonyl (C=O) groups excluding carboxylic acids is 1. The van der Waals surface area contributed by atoms with E-state index in [1.54, 1.807) is 11.3 Å². The van der Waals surface area contributed by atoms with Gasteiger partial charge in [0, 0.05) is 17.5 Å². The number of hydrogen-bond donors (Lipinski definition) is 1. The van der Waals surface area contributed by atoms with Crippen LogP contribution in [0.3, 0.4) is 0 Å². The largest absolute Gasteiger partial charge is 0.355 e. The molecule has 134 valence electrons. The number of aryl methyl sites for hydroxylation is 1. The lowest BCUT2D eigenvalue weighted by atomic mass is 9.84. The molecular formula is C22H24N2OS. The van der Waals surface area contributed by atoms with Gasteiger partial charge in [-0.25, -0.2) is 4.98 Å². The number of aromatic nitrogens is 1. The van der Waals surface area contributed by atoms with E-state index in [4.69, 9.17) is 0 Å². The summed E-state index contributed by atoms with van der Waals surface area (Å²) in [4.78, 5) is 17.1. The van der Waals surface area contributed by atoms with Crippen LogP contribution in [0.25, 0.3) is 11.3 Å². The molecule has 2 aromatic carbocycles. The number of carbonyl (C=O) groups is 1. The Kier molecular flexibility index (Phi) is 5.52. The van der Waals surface area contributed by atoms with Gasteiger partial charge in [0.15, 0.2) is 0 Å². The third-order valence-electron chi connectivity index (χ3n) is 4.63. The lowest BCUT2D eigenvalue weighted by molar-refractivity contribution is -0.125. The molecule has 0 radical (unpaired) electrons. The van der Waals surface area contributed by atoms with E-state index < -0.39 is 5.41 Å². The average Bonchev–Trinajstić information content (AvgIpc) is 3.09. The molecule has 1 aromatic heterocycles. The number of benzene rings is 2. The number of hydrogen-bond acceptors (Lipinski definition) is 3. The molecule has 26 heavy (non-hydrogen) atoms. The summed E-state index contributed by atoms with van der Waals surface area (Å²) in [5.74, 6) is 0.0540. The molecule has 1 amide bonds. The summed E-state index contributed by atoms with van der Waals surface area (Å²) in [6.07, 6.45) is 0.812. The second-order valence-electron chi connectivity index (χ2n) is 6.95. The predicted molar refractivity (Wildman–Crippen MR) is 108 cm³/mol. The molecule has 0 fully saturated rings. The number of thiazole rings is 1. The summed E-state index contributed by atoms with van der Waals surface area (Å²) in [6, 6.07) is 18.3. The second-order valence-corrected chi connectivity index (χ2v) is 8.01. The summed E-state index contributed by atoms with van der Waals surface area (Å²) >= 11 is 1.66. The SMILES string of the molecule is Cc1nc(-c2ccc(CCNC(=O)C(C)(C)c3ccccc3)cc2)cs1. The fourth-order valence-electron chi connectivity index (χ4n) is 2.87. The quantitative estimate of drug-likeness (QED) is 0.685. The van der Waals surface area contributed by atoms with Crippen molar-refractivity contribution < 1.29 is 4.79 Å². The van der Waals surface area contributed by atoms with E-state index in [0.717, 1.165) is 28.2 Å². The van der Waals surface area contributed by atoms with Crippen LogP contribution in [0.15, 0.2) is 60.0 Å². The van der Waals surface area contributed by atoms with Crippen molar-refractivity contribution in [1.82, 2.24) is 10.3 Å². The molecule has 3 aromatic rings. The molecule has 0 unspecified atom stereocenters. The number of rotatable bonds is 6. The Hall–Kier alpha value is -2.46. The van der Waals surface area contributed by atoms with Gasteiger partial charge >= 0.3 is 0 Å². The molecule has 1 N–H and O–H groups in total. The third kappa shape index (κ3) is 4.20. The van der Waals surface area contributed by atoms with Crippen molar-refractivity contribution in [1.29, 1.82) is 0 Å². The Morgan fingerprint density at radius 3 is 2.38 bits per heavy atom. The second kappa shape index (κ2) is 7.83. The lowest BCUT2D eigenvalue weighted by Gasteiger charge is -2.24. The summed E-state index contributed by atoms with van der Waals surface area (Å²) in [5.41, 5.74) is 3.86. The Bertz CT molecular complexity index is 867. The Balaban J connectivity index is 1.55. The van der Waals surface area contributed by atoms with Gasteiger partial charge in [-0.15, -0.1) is 11.3 Å². The Morgan fingerprint density at radius 2 is 1.77 bits per heavy atom. The summed E-state index contributed by atoms with van der Waals surface area (Å²) in [7, 11) is 0. The normalized spacial score (nSPS) is 11.3. The van der Waals surface area contributed by atoms with Crippen LogP contribution in [0.1, 0.15) is 30.0 Å². The lowest BCUT2D eigenvalue weighted by Crippen LogP contribution is -2.40. The minimum Gasteiger partial charge on any atom is -0.355 e. The fourth-order valence-corrected chi connectivity index (χ4v) is 3.49. The molecule has 0 aliphatic heterocycles. The minimum absolute atomic E-state index is 0.0540. The van der Waals surface area contributed by atoms with Gasteiger partial charge in [-0.1, -0.05) is 54.6 Å². The van der Waals surface area contributed by atoms with Crippen molar-refractivity contribution in [3.8, 4) is 11.3 Å². The monoisotopic (exact) mass is 364 g/mol. The summed E-state index contributed by atoms with van der Waals surface area (Å²) in [6.45, 7) is 6.57. The Labute approximate surface area is 159 Å². The highest BCUT2D eigenvalue weighted by Crippen LogP contribution is 2.23. The fraction of sp³-hybridized carbons (Fsp3) is 0.273. The van der Waals surface area contributed by atoms with Gasteiger partial charge in [-0.05, 0) is 38.3 Å². The van der Waals surface area contributed by atoms with Gasteiger partial charge < -0.3 is 5.32 Å². The molecule has 4 heteroatoms. The van der Waals surface area contributed by atoms with Gasteiger partial charge in [0.25, 0.3) is 0 Å². The van der Waals surface area contributed by atoms with Crippen LogP contribution in [-0.2, 0) is 16.6 Å². The molecule has 0 saturated heterocycles. The van der Waals surface area contributed by atoms with Crippen molar-refractivity contribution in [2.75, 3.05) is 6.54 Å². The van der Waals surface area contributed by atoms with E-state index in [1.165, 1.54) is 5.56 Å². The average molecular weight is 365 g/mol. The van der Waals surface area contributed by atoms with Crippen LogP contribution in [0, 0.1) is 6.92 Å². The first-order valence-corrected chi connectivity index (χ1v) is 9.70. The van der Waals surface area contributed by atoms with Gasteiger partial charge in [-0.3, -0.25) is 4.79 Å². The van der Waals surface area contributed by atoms with Gasteiger partial charge in [0.2, 0.25) is 5.91 Å². The number of nitrogens with one attached hydrogen (secondary N) is 1.